The zero-order valence-corrected chi connectivity index (χ0v) is 25.2. The summed E-state index contributed by atoms with van der Waals surface area (Å²) < 4.78 is 11.5. The Morgan fingerprint density at radius 3 is 1.78 bits per heavy atom. The van der Waals surface area contributed by atoms with Crippen molar-refractivity contribution >= 4 is 82.5 Å². The lowest BCUT2D eigenvalue weighted by atomic mass is 10.1. The minimum absolute atomic E-state index is 0.329. The molecule has 198 valence electrons. The molecule has 0 bridgehead atoms. The lowest BCUT2D eigenvalue weighted by Crippen LogP contribution is -2.14. The molecule has 1 aromatic carbocycles. The quantitative estimate of drug-likeness (QED) is 0.127. The highest BCUT2D eigenvalue weighted by molar-refractivity contribution is 8.22. The lowest BCUT2D eigenvalue weighted by molar-refractivity contribution is -0.138. The molecule has 4 unspecified atom stereocenters. The fraction of sp³-hybridized carbons (Fsp3) is 0.538. The third-order valence-electron chi connectivity index (χ3n) is 5.35. The molecule has 36 heavy (non-hydrogen) atoms. The number of hydrogen-bond acceptors (Lipinski definition) is 10. The van der Waals surface area contributed by atoms with E-state index < -0.39 is 0 Å². The van der Waals surface area contributed by atoms with Crippen LogP contribution in [0.5, 0.6) is 0 Å². The van der Waals surface area contributed by atoms with E-state index in [2.05, 4.69) is 37.4 Å². The summed E-state index contributed by atoms with van der Waals surface area (Å²) in [6.07, 6.45) is 4.65. The van der Waals surface area contributed by atoms with E-state index in [0.717, 1.165) is 47.4 Å². The van der Waals surface area contributed by atoms with Crippen molar-refractivity contribution in [3.8, 4) is 0 Å². The van der Waals surface area contributed by atoms with Crippen LogP contribution < -0.4 is 0 Å². The van der Waals surface area contributed by atoms with Gasteiger partial charge in [0.1, 0.15) is 13.2 Å². The summed E-state index contributed by atoms with van der Waals surface area (Å²) in [5, 5.41) is 0.793. The normalized spacial score (nSPS) is 23.3. The second-order valence-corrected chi connectivity index (χ2v) is 16.6. The molecule has 0 spiro atoms. The van der Waals surface area contributed by atoms with Crippen LogP contribution in [0, 0.1) is 0 Å². The van der Waals surface area contributed by atoms with Gasteiger partial charge in [0, 0.05) is 45.7 Å². The number of benzene rings is 1. The summed E-state index contributed by atoms with van der Waals surface area (Å²) in [6.45, 7) is 7.86. The summed E-state index contributed by atoms with van der Waals surface area (Å²) in [4.78, 5) is 22.5. The number of aryl methyl sites for hydroxylation is 2. The minimum Gasteiger partial charge on any atom is -0.461 e. The van der Waals surface area contributed by atoms with Crippen molar-refractivity contribution in [2.75, 3.05) is 47.7 Å². The first-order valence-electron chi connectivity index (χ1n) is 11.9. The van der Waals surface area contributed by atoms with Gasteiger partial charge in [-0.1, -0.05) is 37.4 Å². The van der Waals surface area contributed by atoms with Crippen molar-refractivity contribution in [2.24, 2.45) is 0 Å². The maximum absolute atomic E-state index is 11.2. The zero-order valence-electron chi connectivity index (χ0n) is 20.3. The van der Waals surface area contributed by atoms with E-state index in [1.54, 1.807) is 0 Å². The van der Waals surface area contributed by atoms with Gasteiger partial charge in [0.25, 0.3) is 0 Å². The van der Waals surface area contributed by atoms with Gasteiger partial charge in [-0.05, 0) is 35.5 Å². The first-order valence-corrected chi connectivity index (χ1v) is 18.2. The van der Waals surface area contributed by atoms with E-state index in [9.17, 15) is 9.59 Å². The number of carbonyl (C=O) groups excluding carboxylic acids is 2. The second kappa shape index (κ2) is 17.4. The number of esters is 2. The number of rotatable bonds is 16. The standard InChI is InChI=1S/C26H34O4S6/c1-3-23(27)29-13-21-15-33-25(35-21)17-31-10-8-19-6-5-7-20(12-19)9-11-32-18-26-34-16-22(36-26)14-30-24(28)4-2/h3-7,12,21-22,25-26H,1-2,8-11,13-18H2. The Labute approximate surface area is 241 Å². The van der Waals surface area contributed by atoms with Crippen molar-refractivity contribution in [3.05, 3.63) is 60.7 Å². The van der Waals surface area contributed by atoms with Gasteiger partial charge in [-0.25, -0.2) is 9.59 Å². The average Bonchev–Trinajstić information content (AvgIpc) is 3.56. The topological polar surface area (TPSA) is 52.6 Å². The lowest BCUT2D eigenvalue weighted by Gasteiger charge is -2.11. The Kier molecular flexibility index (Phi) is 14.6. The SMILES string of the molecule is C=CC(=O)OCC1CSC(CSCCc2cccc(CCSCC3SCC(COC(=O)C=C)S3)c2)S1. The van der Waals surface area contributed by atoms with Crippen LogP contribution in [-0.4, -0.2) is 79.3 Å². The molecular weight excluding hydrogens is 569 g/mol. The third-order valence-corrected chi connectivity index (χ3v) is 14.8. The highest BCUT2D eigenvalue weighted by Gasteiger charge is 2.27. The van der Waals surface area contributed by atoms with Crippen LogP contribution in [0.3, 0.4) is 0 Å². The molecule has 1 aromatic rings. The van der Waals surface area contributed by atoms with E-state index in [1.165, 1.54) is 23.3 Å². The maximum atomic E-state index is 11.2. The Balaban J connectivity index is 1.24. The fourth-order valence-corrected chi connectivity index (χ4v) is 12.9. The average molecular weight is 603 g/mol. The van der Waals surface area contributed by atoms with Crippen LogP contribution in [0.4, 0.5) is 0 Å². The van der Waals surface area contributed by atoms with Crippen molar-refractivity contribution in [1.82, 2.24) is 0 Å². The van der Waals surface area contributed by atoms with Crippen molar-refractivity contribution < 1.29 is 19.1 Å². The Morgan fingerprint density at radius 1 is 0.861 bits per heavy atom. The van der Waals surface area contributed by atoms with Crippen LogP contribution in [0.15, 0.2) is 49.6 Å². The molecule has 2 aliphatic heterocycles. The highest BCUT2D eigenvalue weighted by atomic mass is 32.2. The summed E-state index contributed by atoms with van der Waals surface area (Å²) in [7, 11) is 0. The van der Waals surface area contributed by atoms with Gasteiger partial charge in [-0.3, -0.25) is 0 Å². The van der Waals surface area contributed by atoms with Gasteiger partial charge in [0.05, 0.1) is 9.16 Å². The molecule has 0 saturated carbocycles. The molecule has 4 nitrogen and oxygen atoms in total. The zero-order chi connectivity index (χ0) is 25.6. The van der Waals surface area contributed by atoms with Crippen LogP contribution in [0.25, 0.3) is 0 Å². The number of hydrogen-bond donors (Lipinski definition) is 0. The van der Waals surface area contributed by atoms with Crippen molar-refractivity contribution in [1.29, 1.82) is 0 Å². The van der Waals surface area contributed by atoms with Crippen LogP contribution in [0.2, 0.25) is 0 Å². The summed E-state index contributed by atoms with van der Waals surface area (Å²) in [5.74, 6) is 5.96. The largest absolute Gasteiger partial charge is 0.461 e. The van der Waals surface area contributed by atoms with Crippen LogP contribution >= 0.6 is 70.6 Å². The third kappa shape index (κ3) is 11.6. The van der Waals surface area contributed by atoms with Crippen LogP contribution in [0.1, 0.15) is 11.1 Å². The summed E-state index contributed by atoms with van der Waals surface area (Å²) in [6, 6.07) is 9.04. The first kappa shape index (κ1) is 30.3. The van der Waals surface area contributed by atoms with Crippen molar-refractivity contribution in [2.45, 2.75) is 32.5 Å². The van der Waals surface area contributed by atoms with Gasteiger partial charge < -0.3 is 9.47 Å². The van der Waals surface area contributed by atoms with Gasteiger partial charge in [0.2, 0.25) is 0 Å². The summed E-state index contributed by atoms with van der Waals surface area (Å²) in [5.41, 5.74) is 2.84. The molecule has 3 rings (SSSR count). The molecule has 0 aromatic heterocycles. The first-order chi connectivity index (χ1) is 17.6. The Bertz CT molecular complexity index is 801. The molecule has 10 heteroatoms. The molecule has 2 heterocycles. The van der Waals surface area contributed by atoms with Gasteiger partial charge in [0.15, 0.2) is 0 Å². The minimum atomic E-state index is -0.329. The van der Waals surface area contributed by atoms with Gasteiger partial charge in [-0.15, -0.1) is 47.0 Å². The Hall–Kier alpha value is -0.260. The van der Waals surface area contributed by atoms with E-state index in [4.69, 9.17) is 9.47 Å². The molecule has 0 N–H and O–H groups in total. The van der Waals surface area contributed by atoms with Gasteiger partial charge in [-0.2, -0.15) is 23.5 Å². The smallest absolute Gasteiger partial charge is 0.330 e. The van der Waals surface area contributed by atoms with E-state index in [1.807, 2.05) is 70.6 Å². The number of carbonyl (C=O) groups is 2. The van der Waals surface area contributed by atoms with E-state index in [-0.39, 0.29) is 11.9 Å². The van der Waals surface area contributed by atoms with E-state index in [0.29, 0.717) is 32.9 Å². The van der Waals surface area contributed by atoms with Crippen LogP contribution in [-0.2, 0) is 31.9 Å². The molecule has 4 atom stereocenters. The molecule has 0 amide bonds. The van der Waals surface area contributed by atoms with E-state index >= 15 is 0 Å². The molecule has 0 aliphatic carbocycles. The number of ether oxygens (including phenoxy) is 2. The second-order valence-electron chi connectivity index (χ2n) is 8.18. The maximum Gasteiger partial charge on any atom is 0.330 e. The molecule has 2 fully saturated rings. The predicted molar refractivity (Wildman–Crippen MR) is 166 cm³/mol. The van der Waals surface area contributed by atoms with Crippen molar-refractivity contribution in [3.63, 3.8) is 0 Å². The van der Waals surface area contributed by atoms with Gasteiger partial charge >= 0.3 is 11.9 Å². The molecular formula is C26H34O4S6. The number of thioether (sulfide) groups is 6. The monoisotopic (exact) mass is 602 g/mol. The molecule has 2 aliphatic rings. The summed E-state index contributed by atoms with van der Waals surface area (Å²) >= 11 is 11.9. The molecule has 0 radical (unpaired) electrons. The molecule has 2 saturated heterocycles. The highest BCUT2D eigenvalue weighted by Crippen LogP contribution is 2.40. The fourth-order valence-electron chi connectivity index (χ4n) is 3.51. The Morgan fingerprint density at radius 2 is 1.33 bits per heavy atom. The predicted octanol–water partition coefficient (Wildman–Crippen LogP) is 6.05.